The Morgan fingerprint density at radius 3 is 0.469 bits per heavy atom. The molecular formula is C102H192N8O18. The third kappa shape index (κ3) is 34.8. The highest BCUT2D eigenvalue weighted by atomic mass is 16.5. The lowest BCUT2D eigenvalue weighted by Gasteiger charge is -2.46. The topological polar surface area (TPSA) is 302 Å². The van der Waals surface area contributed by atoms with E-state index in [0.717, 1.165) is 233 Å². The predicted octanol–water partition coefficient (Wildman–Crippen LogP) is 9.28. The molecule has 26 heteroatoms. The number of aliphatic hydroxyl groups excluding tert-OH is 10. The van der Waals surface area contributed by atoms with E-state index in [1.807, 2.05) is 23.9 Å². The van der Waals surface area contributed by atoms with Gasteiger partial charge in [0.15, 0.2) is 0 Å². The molecular weight excluding hydrogens is 1630 g/mol. The SMILES string of the molecule is CN(CCO)CC(O)COC1CCC(C(C)(C)C2CCC(OCC(O)CN3CCN(CC(O)COC4CCC(C(C)(C)C5CCC(OCC(O)CN6CCN(CC(O)COC7CCC(C(C)(C)C8CCC(OCC(O)CN9CCN(CC(O)COC%10CCC(C(C)(C)C%11CCC(OCC(O)CN(C)CCO)CC%11)CC%10)CC9)CC8)CC7)CC6)CC5)CC4)CC3)CC2)CC1. The molecule has 8 saturated carbocycles. The zero-order valence-electron chi connectivity index (χ0n) is 82.4. The van der Waals surface area contributed by atoms with Gasteiger partial charge in [0.05, 0.1) is 164 Å². The third-order valence-electron chi connectivity index (χ3n) is 35.2. The van der Waals surface area contributed by atoms with E-state index in [2.05, 4.69) is 84.8 Å². The molecule has 11 aliphatic rings. The van der Waals surface area contributed by atoms with Crippen LogP contribution in [0.3, 0.4) is 0 Å². The van der Waals surface area contributed by atoms with Crippen LogP contribution in [0.25, 0.3) is 0 Å². The van der Waals surface area contributed by atoms with Gasteiger partial charge in [-0.25, -0.2) is 0 Å². The number of piperazine rings is 3. The Kier molecular flexibility index (Phi) is 45.3. The minimum Gasteiger partial charge on any atom is -0.395 e. The molecule has 748 valence electrons. The Labute approximate surface area is 775 Å². The quantitative estimate of drug-likeness (QED) is 0.0271. The number of β-amino-alcohol motifs (C(OH)–C–C–N with tert-alkyl or cyclic N) is 6. The van der Waals surface area contributed by atoms with Gasteiger partial charge in [0.1, 0.15) is 0 Å². The monoisotopic (exact) mass is 1820 g/mol. The average Bonchev–Trinajstić information content (AvgIpc) is 0.813. The summed E-state index contributed by atoms with van der Waals surface area (Å²) in [6.45, 7) is 39.3. The first kappa shape index (κ1) is 107. The van der Waals surface area contributed by atoms with E-state index in [4.69, 9.17) is 48.1 Å². The number of aliphatic hydroxyl groups is 10. The molecule has 11 rings (SSSR count). The van der Waals surface area contributed by atoms with E-state index >= 15 is 0 Å². The van der Waals surface area contributed by atoms with Crippen LogP contribution in [0.4, 0.5) is 0 Å². The van der Waals surface area contributed by atoms with Crippen molar-refractivity contribution in [3.05, 3.63) is 0 Å². The summed E-state index contributed by atoms with van der Waals surface area (Å²) in [5.41, 5.74) is 1.00. The van der Waals surface area contributed by atoms with Crippen molar-refractivity contribution < 1.29 is 89.0 Å². The lowest BCUT2D eigenvalue weighted by molar-refractivity contribution is -0.0702. The van der Waals surface area contributed by atoms with Crippen molar-refractivity contribution in [2.45, 2.75) is 359 Å². The van der Waals surface area contributed by atoms with Crippen molar-refractivity contribution in [1.82, 2.24) is 39.2 Å². The first-order chi connectivity index (χ1) is 61.3. The largest absolute Gasteiger partial charge is 0.395 e. The van der Waals surface area contributed by atoms with Crippen LogP contribution in [0.5, 0.6) is 0 Å². The van der Waals surface area contributed by atoms with Gasteiger partial charge >= 0.3 is 0 Å². The molecule has 8 aliphatic carbocycles. The van der Waals surface area contributed by atoms with Gasteiger partial charge in [0.2, 0.25) is 0 Å². The number of hydrogen-bond acceptors (Lipinski definition) is 26. The van der Waals surface area contributed by atoms with E-state index in [-0.39, 0.29) is 83.7 Å². The van der Waals surface area contributed by atoms with Crippen molar-refractivity contribution >= 4 is 0 Å². The number of likely N-dealkylation sites (N-methyl/N-ethyl adjacent to an activating group) is 2. The van der Waals surface area contributed by atoms with Gasteiger partial charge in [-0.1, -0.05) is 55.4 Å². The summed E-state index contributed by atoms with van der Waals surface area (Å²) in [7, 11) is 3.82. The molecule has 0 bridgehead atoms. The van der Waals surface area contributed by atoms with Gasteiger partial charge in [-0.3, -0.25) is 29.4 Å². The van der Waals surface area contributed by atoms with E-state index in [9.17, 15) is 40.9 Å². The van der Waals surface area contributed by atoms with Crippen molar-refractivity contribution in [2.75, 3.05) is 224 Å². The molecule has 3 heterocycles. The zero-order valence-corrected chi connectivity index (χ0v) is 82.4. The standard InChI is InChI=1S/C102H192N8O18/c1-99(2,75-11-27-91(28-12-75)121-67-83(113)59-103(9)55-57-111)77-15-31-93(32-16-77)123-69-85(115)61-105-43-47-107(48-44-105)63-87(117)71-125-95-35-19-79(20-36-95)101(5,6)81-23-39-97(40-24-81)127-73-89(119)65-109-51-53-110(54-52-109)66-90(120)74-128-98-41-25-82(26-42-98)102(7,8)80-21-37-96(38-22-80)126-72-88(118)64-108-49-45-106(46-50-108)62-86(116)70-124-94-33-17-78(18-34-94)100(3,4)76-13-29-92(30-14-76)122-68-84(114)60-104(10)56-58-112/h75-98,111-120H,11-74H2,1-10H3. The molecule has 8 atom stereocenters. The maximum Gasteiger partial charge on any atom is 0.0900 e. The molecule has 0 spiro atoms. The Morgan fingerprint density at radius 1 is 0.219 bits per heavy atom. The molecule has 0 aromatic heterocycles. The van der Waals surface area contributed by atoms with Gasteiger partial charge in [0.25, 0.3) is 0 Å². The lowest BCUT2D eigenvalue weighted by Crippen LogP contribution is -2.51. The van der Waals surface area contributed by atoms with Crippen LogP contribution in [-0.4, -0.2) is 412 Å². The minimum atomic E-state index is -0.537. The van der Waals surface area contributed by atoms with E-state index in [1.54, 1.807) is 0 Å². The lowest BCUT2D eigenvalue weighted by atomic mass is 9.60. The number of rotatable bonds is 52. The van der Waals surface area contributed by atoms with Crippen LogP contribution in [0, 0.1) is 69.0 Å². The molecule has 128 heavy (non-hydrogen) atoms. The van der Waals surface area contributed by atoms with E-state index in [1.165, 1.54) is 51.4 Å². The Hall–Kier alpha value is -1.04. The van der Waals surface area contributed by atoms with Crippen LogP contribution in [0.15, 0.2) is 0 Å². The fourth-order valence-electron chi connectivity index (χ4n) is 26.0. The smallest absolute Gasteiger partial charge is 0.0900 e. The summed E-state index contributed by atoms with van der Waals surface area (Å²) >= 11 is 0. The molecule has 0 radical (unpaired) electrons. The summed E-state index contributed by atoms with van der Waals surface area (Å²) in [6, 6.07) is 0. The van der Waals surface area contributed by atoms with Crippen LogP contribution in [-0.2, 0) is 37.9 Å². The highest BCUT2D eigenvalue weighted by Crippen LogP contribution is 2.54. The molecule has 10 N–H and O–H groups in total. The van der Waals surface area contributed by atoms with Crippen LogP contribution < -0.4 is 0 Å². The minimum absolute atomic E-state index is 0.0901. The molecule has 0 aromatic rings. The first-order valence-electron chi connectivity index (χ1n) is 52.6. The molecule has 11 fully saturated rings. The van der Waals surface area contributed by atoms with E-state index < -0.39 is 48.8 Å². The van der Waals surface area contributed by atoms with Crippen LogP contribution in [0.2, 0.25) is 0 Å². The second kappa shape index (κ2) is 53.9. The Balaban J connectivity index is 0.449. The first-order valence-corrected chi connectivity index (χ1v) is 52.6. The summed E-state index contributed by atoms with van der Waals surface area (Å²) in [4.78, 5) is 17.9. The summed E-state index contributed by atoms with van der Waals surface area (Å²) in [5.74, 6) is 5.31. The number of ether oxygens (including phenoxy) is 8. The second-order valence-corrected chi connectivity index (χ2v) is 45.7. The van der Waals surface area contributed by atoms with Crippen LogP contribution in [0.1, 0.15) is 261 Å². The van der Waals surface area contributed by atoms with Crippen molar-refractivity contribution in [1.29, 1.82) is 0 Å². The third-order valence-corrected chi connectivity index (χ3v) is 35.2. The zero-order chi connectivity index (χ0) is 91.4. The van der Waals surface area contributed by atoms with Crippen LogP contribution >= 0.6 is 0 Å². The molecule has 3 aliphatic heterocycles. The van der Waals surface area contributed by atoms with Gasteiger partial charge in [-0.05, 0) is 289 Å². The average molecular weight is 1820 g/mol. The van der Waals surface area contributed by atoms with Gasteiger partial charge < -0.3 is 98.8 Å². The molecule has 3 saturated heterocycles. The Morgan fingerprint density at radius 2 is 0.344 bits per heavy atom. The predicted molar refractivity (Wildman–Crippen MR) is 505 cm³/mol. The highest BCUT2D eigenvalue weighted by molar-refractivity contribution is 4.97. The van der Waals surface area contributed by atoms with Crippen molar-refractivity contribution in [2.24, 2.45) is 69.0 Å². The summed E-state index contributed by atoms with van der Waals surface area (Å²) in [6.07, 6.45) is 32.9. The number of hydrogen-bond donors (Lipinski definition) is 10. The van der Waals surface area contributed by atoms with E-state index in [0.29, 0.717) is 166 Å². The maximum absolute atomic E-state index is 11.2. The highest BCUT2D eigenvalue weighted by Gasteiger charge is 2.47. The van der Waals surface area contributed by atoms with Crippen molar-refractivity contribution in [3.63, 3.8) is 0 Å². The molecule has 26 nitrogen and oxygen atoms in total. The second-order valence-electron chi connectivity index (χ2n) is 45.7. The fourth-order valence-corrected chi connectivity index (χ4v) is 26.0. The molecule has 0 aromatic carbocycles. The van der Waals surface area contributed by atoms with Crippen molar-refractivity contribution in [3.8, 4) is 0 Å². The molecule has 0 amide bonds. The summed E-state index contributed by atoms with van der Waals surface area (Å²) in [5, 5.41) is 106. The Bertz CT molecular complexity index is 2730. The fraction of sp³-hybridized carbons (Fsp3) is 1.00. The molecule has 8 unspecified atom stereocenters. The summed E-state index contributed by atoms with van der Waals surface area (Å²) < 4.78 is 50.7. The maximum atomic E-state index is 11.2. The van der Waals surface area contributed by atoms with Gasteiger partial charge in [-0.2, -0.15) is 0 Å². The van der Waals surface area contributed by atoms with Gasteiger partial charge in [0, 0.05) is 144 Å². The number of nitrogens with zero attached hydrogens (tertiary/aromatic N) is 8. The van der Waals surface area contributed by atoms with Gasteiger partial charge in [-0.15, -0.1) is 0 Å². The normalized spacial score (nSPS) is 32.7.